The summed E-state index contributed by atoms with van der Waals surface area (Å²) in [6, 6.07) is 10.3. The van der Waals surface area contributed by atoms with Crippen molar-refractivity contribution < 1.29 is 23.1 Å². The highest BCUT2D eigenvalue weighted by Crippen LogP contribution is 2.30. The Morgan fingerprint density at radius 1 is 1.16 bits per heavy atom. The molecule has 0 amide bonds. The molecule has 2 N–H and O–H groups in total. The van der Waals surface area contributed by atoms with E-state index in [2.05, 4.69) is 4.72 Å². The van der Waals surface area contributed by atoms with Crippen molar-refractivity contribution in [3.8, 4) is 5.75 Å². The molecule has 0 atom stereocenters. The molecule has 2 aromatic rings. The molecule has 7 heteroatoms. The van der Waals surface area contributed by atoms with Gasteiger partial charge in [-0.15, -0.1) is 0 Å². The SMILES string of the molecule is CCc1ccccc1NS(=O)(=O)c1ccc(C)c(OCC(=O)O)c1C. The second-order valence-corrected chi connectivity index (χ2v) is 7.28. The van der Waals surface area contributed by atoms with Gasteiger partial charge in [-0.25, -0.2) is 13.2 Å². The number of carboxylic acids is 1. The van der Waals surface area contributed by atoms with Gasteiger partial charge in [-0.2, -0.15) is 0 Å². The number of carbonyl (C=O) groups is 1. The van der Waals surface area contributed by atoms with E-state index in [9.17, 15) is 13.2 Å². The van der Waals surface area contributed by atoms with Gasteiger partial charge in [-0.05, 0) is 43.5 Å². The maximum Gasteiger partial charge on any atom is 0.341 e. The summed E-state index contributed by atoms with van der Waals surface area (Å²) in [5, 5.41) is 8.78. The molecule has 0 aliphatic rings. The predicted molar refractivity (Wildman–Crippen MR) is 95.7 cm³/mol. The van der Waals surface area contributed by atoms with Crippen molar-refractivity contribution in [1.29, 1.82) is 0 Å². The predicted octanol–water partition coefficient (Wildman–Crippen LogP) is 3.13. The Morgan fingerprint density at radius 3 is 2.48 bits per heavy atom. The zero-order valence-electron chi connectivity index (χ0n) is 14.4. The van der Waals surface area contributed by atoms with Gasteiger partial charge >= 0.3 is 5.97 Å². The van der Waals surface area contributed by atoms with Crippen LogP contribution >= 0.6 is 0 Å². The second kappa shape index (κ2) is 7.57. The molecule has 0 bridgehead atoms. The number of hydrogen-bond donors (Lipinski definition) is 2. The van der Waals surface area contributed by atoms with Gasteiger partial charge < -0.3 is 9.84 Å². The lowest BCUT2D eigenvalue weighted by Crippen LogP contribution is -2.17. The first-order chi connectivity index (χ1) is 11.8. The maximum absolute atomic E-state index is 12.8. The van der Waals surface area contributed by atoms with Crippen molar-refractivity contribution >= 4 is 21.7 Å². The summed E-state index contributed by atoms with van der Waals surface area (Å²) in [6.07, 6.45) is 0.693. The Labute approximate surface area is 147 Å². The maximum atomic E-state index is 12.8. The van der Waals surface area contributed by atoms with Gasteiger partial charge in [0.2, 0.25) is 0 Å². The standard InChI is InChI=1S/C18H21NO5S/c1-4-14-7-5-6-8-15(14)19-25(22,23)16-10-9-12(2)18(13(16)3)24-11-17(20)21/h5-10,19H,4,11H2,1-3H3,(H,20,21). The number of aliphatic carboxylic acids is 1. The van der Waals surface area contributed by atoms with Crippen molar-refractivity contribution in [2.45, 2.75) is 32.1 Å². The van der Waals surface area contributed by atoms with E-state index in [0.29, 0.717) is 23.2 Å². The molecule has 0 radical (unpaired) electrons. The van der Waals surface area contributed by atoms with Gasteiger partial charge in [-0.1, -0.05) is 31.2 Å². The fraction of sp³-hybridized carbons (Fsp3) is 0.278. The van der Waals surface area contributed by atoms with Crippen molar-refractivity contribution in [3.63, 3.8) is 0 Å². The molecule has 0 heterocycles. The van der Waals surface area contributed by atoms with Crippen LogP contribution in [0.1, 0.15) is 23.6 Å². The average Bonchev–Trinajstić information content (AvgIpc) is 2.54. The Balaban J connectivity index is 2.42. The van der Waals surface area contributed by atoms with Gasteiger partial charge in [0.1, 0.15) is 5.75 Å². The Kier molecular flexibility index (Phi) is 5.69. The van der Waals surface area contributed by atoms with E-state index in [4.69, 9.17) is 9.84 Å². The minimum atomic E-state index is -3.83. The summed E-state index contributed by atoms with van der Waals surface area (Å²) >= 11 is 0. The summed E-state index contributed by atoms with van der Waals surface area (Å²) in [5.74, 6) is -0.851. The van der Waals surface area contributed by atoms with Crippen LogP contribution in [-0.4, -0.2) is 26.1 Å². The first kappa shape index (κ1) is 18.8. The van der Waals surface area contributed by atoms with Crippen molar-refractivity contribution in [2.24, 2.45) is 0 Å². The van der Waals surface area contributed by atoms with E-state index >= 15 is 0 Å². The molecule has 0 spiro atoms. The number of nitrogens with one attached hydrogen (secondary N) is 1. The van der Waals surface area contributed by atoms with E-state index < -0.39 is 22.6 Å². The van der Waals surface area contributed by atoms with Crippen LogP contribution in [0.2, 0.25) is 0 Å². The molecule has 6 nitrogen and oxygen atoms in total. The lowest BCUT2D eigenvalue weighted by Gasteiger charge is -2.16. The van der Waals surface area contributed by atoms with E-state index in [-0.39, 0.29) is 10.6 Å². The third-order valence-electron chi connectivity index (χ3n) is 3.83. The Hall–Kier alpha value is -2.54. The van der Waals surface area contributed by atoms with Crippen LogP contribution in [0.25, 0.3) is 0 Å². The molecule has 0 unspecified atom stereocenters. The van der Waals surface area contributed by atoms with Crippen molar-refractivity contribution in [3.05, 3.63) is 53.1 Å². The lowest BCUT2D eigenvalue weighted by molar-refractivity contribution is -0.139. The molecule has 0 aromatic heterocycles. The van der Waals surface area contributed by atoms with Crippen LogP contribution in [0.5, 0.6) is 5.75 Å². The fourth-order valence-corrected chi connectivity index (χ4v) is 3.93. The summed E-state index contributed by atoms with van der Waals surface area (Å²) in [5.41, 5.74) is 2.46. The highest BCUT2D eigenvalue weighted by atomic mass is 32.2. The molecule has 0 fully saturated rings. The summed E-state index contributed by atoms with van der Waals surface area (Å²) < 4.78 is 33.5. The van der Waals surface area contributed by atoms with E-state index in [1.807, 2.05) is 19.1 Å². The van der Waals surface area contributed by atoms with Gasteiger partial charge in [-0.3, -0.25) is 4.72 Å². The number of carboxylic acid groups (broad SMARTS) is 1. The fourth-order valence-electron chi connectivity index (χ4n) is 2.58. The van der Waals surface area contributed by atoms with E-state index in [1.54, 1.807) is 32.0 Å². The van der Waals surface area contributed by atoms with E-state index in [1.165, 1.54) is 6.07 Å². The van der Waals surface area contributed by atoms with Crippen LogP contribution in [0, 0.1) is 13.8 Å². The Bertz CT molecular complexity index is 890. The van der Waals surface area contributed by atoms with Crippen LogP contribution in [0.3, 0.4) is 0 Å². The minimum absolute atomic E-state index is 0.0596. The third kappa shape index (κ3) is 4.30. The monoisotopic (exact) mass is 363 g/mol. The summed E-state index contributed by atoms with van der Waals surface area (Å²) in [7, 11) is -3.83. The molecular formula is C18H21NO5S. The number of rotatable bonds is 7. The number of para-hydroxylation sites is 1. The first-order valence-electron chi connectivity index (χ1n) is 7.81. The molecule has 2 aromatic carbocycles. The highest BCUT2D eigenvalue weighted by Gasteiger charge is 2.21. The zero-order valence-corrected chi connectivity index (χ0v) is 15.2. The van der Waals surface area contributed by atoms with Crippen molar-refractivity contribution in [2.75, 3.05) is 11.3 Å². The summed E-state index contributed by atoms with van der Waals surface area (Å²) in [6.45, 7) is 4.75. The second-order valence-electron chi connectivity index (χ2n) is 5.63. The van der Waals surface area contributed by atoms with Gasteiger partial charge in [0, 0.05) is 5.56 Å². The topological polar surface area (TPSA) is 92.7 Å². The van der Waals surface area contributed by atoms with Gasteiger partial charge in [0.05, 0.1) is 10.6 Å². The summed E-state index contributed by atoms with van der Waals surface area (Å²) in [4.78, 5) is 10.8. The van der Waals surface area contributed by atoms with Crippen LogP contribution in [0.15, 0.2) is 41.3 Å². The number of benzene rings is 2. The van der Waals surface area contributed by atoms with Gasteiger partial charge in [0.15, 0.2) is 6.61 Å². The quantitative estimate of drug-likeness (QED) is 0.788. The third-order valence-corrected chi connectivity index (χ3v) is 5.34. The van der Waals surface area contributed by atoms with E-state index in [0.717, 1.165) is 5.56 Å². The molecule has 0 saturated heterocycles. The number of sulfonamides is 1. The van der Waals surface area contributed by atoms with Crippen LogP contribution < -0.4 is 9.46 Å². The minimum Gasteiger partial charge on any atom is -0.481 e. The normalized spacial score (nSPS) is 11.2. The zero-order chi connectivity index (χ0) is 18.6. The largest absolute Gasteiger partial charge is 0.481 e. The molecule has 2 rings (SSSR count). The highest BCUT2D eigenvalue weighted by molar-refractivity contribution is 7.92. The molecule has 134 valence electrons. The van der Waals surface area contributed by atoms with Crippen LogP contribution in [-0.2, 0) is 21.2 Å². The Morgan fingerprint density at radius 2 is 1.84 bits per heavy atom. The van der Waals surface area contributed by atoms with Crippen molar-refractivity contribution in [1.82, 2.24) is 0 Å². The number of ether oxygens (including phenoxy) is 1. The lowest BCUT2D eigenvalue weighted by atomic mass is 10.1. The van der Waals surface area contributed by atoms with Crippen LogP contribution in [0.4, 0.5) is 5.69 Å². The molecule has 0 saturated carbocycles. The number of aryl methyl sites for hydroxylation is 2. The first-order valence-corrected chi connectivity index (χ1v) is 9.30. The molecular weight excluding hydrogens is 342 g/mol. The molecule has 25 heavy (non-hydrogen) atoms. The average molecular weight is 363 g/mol. The number of anilines is 1. The van der Waals surface area contributed by atoms with Gasteiger partial charge in [0.25, 0.3) is 10.0 Å². The number of hydrogen-bond acceptors (Lipinski definition) is 4. The smallest absolute Gasteiger partial charge is 0.341 e. The molecule has 0 aliphatic heterocycles. The molecule has 0 aliphatic carbocycles.